The zero-order chi connectivity index (χ0) is 13.8. The summed E-state index contributed by atoms with van der Waals surface area (Å²) in [5, 5.41) is 13.0. The molecule has 19 heavy (non-hydrogen) atoms. The van der Waals surface area contributed by atoms with E-state index in [0.717, 1.165) is 11.3 Å². The molecule has 96 valence electrons. The van der Waals surface area contributed by atoms with Gasteiger partial charge in [-0.2, -0.15) is 10.4 Å². The number of nitrogens with zero attached hydrogens (tertiary/aromatic N) is 3. The molecule has 0 aliphatic rings. The molecule has 0 atom stereocenters. The Balaban J connectivity index is 2.31. The maximum absolute atomic E-state index is 11.5. The van der Waals surface area contributed by atoms with Crippen LogP contribution in [-0.4, -0.2) is 22.4 Å². The van der Waals surface area contributed by atoms with Crippen molar-refractivity contribution in [1.29, 1.82) is 5.26 Å². The molecule has 0 bridgehead atoms. The van der Waals surface area contributed by atoms with Crippen molar-refractivity contribution in [3.63, 3.8) is 0 Å². The number of carbonyl (C=O) groups excluding carboxylic acids is 1. The third kappa shape index (κ3) is 2.63. The predicted octanol–water partition coefficient (Wildman–Crippen LogP) is 2.23. The van der Waals surface area contributed by atoms with E-state index in [2.05, 4.69) is 11.2 Å². The van der Waals surface area contributed by atoms with E-state index in [1.165, 1.54) is 6.20 Å². The van der Waals surface area contributed by atoms with Crippen LogP contribution in [0, 0.1) is 18.3 Å². The van der Waals surface area contributed by atoms with Crippen molar-refractivity contribution in [1.82, 2.24) is 9.78 Å². The topological polar surface area (TPSA) is 67.9 Å². The maximum Gasteiger partial charge on any atom is 0.341 e. The van der Waals surface area contributed by atoms with Crippen molar-refractivity contribution in [3.8, 4) is 11.8 Å². The molecule has 0 amide bonds. The monoisotopic (exact) mass is 255 g/mol. The molecular formula is C14H13N3O2. The number of aryl methyl sites for hydroxylation is 1. The highest BCUT2D eigenvalue weighted by Gasteiger charge is 2.10. The summed E-state index contributed by atoms with van der Waals surface area (Å²) in [5.74, 6) is -0.390. The average Bonchev–Trinajstić information content (AvgIpc) is 2.88. The van der Waals surface area contributed by atoms with Crippen LogP contribution in [0.5, 0.6) is 0 Å². The molecule has 2 aromatic rings. The number of carbonyl (C=O) groups is 1. The molecule has 0 N–H and O–H groups in total. The number of hydrogen-bond acceptors (Lipinski definition) is 4. The number of rotatable bonds is 3. The van der Waals surface area contributed by atoms with Gasteiger partial charge in [0.1, 0.15) is 0 Å². The van der Waals surface area contributed by atoms with Crippen LogP contribution < -0.4 is 0 Å². The van der Waals surface area contributed by atoms with Crippen molar-refractivity contribution in [2.45, 2.75) is 13.8 Å². The summed E-state index contributed by atoms with van der Waals surface area (Å²) < 4.78 is 6.49. The first-order chi connectivity index (χ1) is 9.15. The summed E-state index contributed by atoms with van der Waals surface area (Å²) in [6.07, 6.45) is 3.07. The number of benzene rings is 1. The van der Waals surface area contributed by atoms with E-state index in [4.69, 9.17) is 10.00 Å². The summed E-state index contributed by atoms with van der Waals surface area (Å²) >= 11 is 0. The van der Waals surface area contributed by atoms with Crippen molar-refractivity contribution in [2.24, 2.45) is 0 Å². The normalized spacial score (nSPS) is 9.95. The first-order valence-electron chi connectivity index (χ1n) is 5.88. The quantitative estimate of drug-likeness (QED) is 0.789. The van der Waals surface area contributed by atoms with E-state index in [1.807, 2.05) is 13.0 Å². The van der Waals surface area contributed by atoms with E-state index >= 15 is 0 Å². The van der Waals surface area contributed by atoms with Crippen LogP contribution in [0.25, 0.3) is 5.69 Å². The standard InChI is InChI=1S/C14H13N3O2/c1-3-19-14(18)12-8-16-17(9-12)13-5-4-11(7-15)10(2)6-13/h4-6,8-9H,3H2,1-2H3. The van der Waals surface area contributed by atoms with Gasteiger partial charge in [0.15, 0.2) is 0 Å². The van der Waals surface area contributed by atoms with Gasteiger partial charge >= 0.3 is 5.97 Å². The number of esters is 1. The Morgan fingerprint density at radius 3 is 2.95 bits per heavy atom. The Labute approximate surface area is 111 Å². The van der Waals surface area contributed by atoms with Crippen LogP contribution in [-0.2, 0) is 4.74 Å². The zero-order valence-corrected chi connectivity index (χ0v) is 10.8. The van der Waals surface area contributed by atoms with Gasteiger partial charge in [-0.05, 0) is 37.6 Å². The van der Waals surface area contributed by atoms with Crippen LogP contribution in [0.15, 0.2) is 30.6 Å². The van der Waals surface area contributed by atoms with Crippen molar-refractivity contribution >= 4 is 5.97 Å². The molecule has 1 aromatic heterocycles. The summed E-state index contributed by atoms with van der Waals surface area (Å²) in [6.45, 7) is 3.95. The summed E-state index contributed by atoms with van der Waals surface area (Å²) in [5.41, 5.74) is 2.70. The molecule has 0 radical (unpaired) electrons. The van der Waals surface area contributed by atoms with Crippen LogP contribution in [0.1, 0.15) is 28.4 Å². The Kier molecular flexibility index (Phi) is 3.62. The second-order valence-corrected chi connectivity index (χ2v) is 4.01. The zero-order valence-electron chi connectivity index (χ0n) is 10.8. The van der Waals surface area contributed by atoms with E-state index in [1.54, 1.807) is 29.9 Å². The largest absolute Gasteiger partial charge is 0.462 e. The van der Waals surface area contributed by atoms with Crippen LogP contribution in [0.3, 0.4) is 0 Å². The lowest BCUT2D eigenvalue weighted by molar-refractivity contribution is 0.0526. The van der Waals surface area contributed by atoms with Gasteiger partial charge in [-0.25, -0.2) is 9.48 Å². The van der Waals surface area contributed by atoms with Gasteiger partial charge in [0.05, 0.1) is 35.7 Å². The highest BCUT2D eigenvalue weighted by atomic mass is 16.5. The summed E-state index contributed by atoms with van der Waals surface area (Å²) in [7, 11) is 0. The second kappa shape index (κ2) is 5.36. The van der Waals surface area contributed by atoms with E-state index in [-0.39, 0.29) is 5.97 Å². The van der Waals surface area contributed by atoms with Gasteiger partial charge in [-0.3, -0.25) is 0 Å². The van der Waals surface area contributed by atoms with Crippen molar-refractivity contribution in [3.05, 3.63) is 47.3 Å². The molecule has 5 heteroatoms. The summed E-state index contributed by atoms with van der Waals surface area (Å²) in [4.78, 5) is 11.5. The lowest BCUT2D eigenvalue weighted by Gasteiger charge is -2.03. The minimum absolute atomic E-state index is 0.333. The van der Waals surface area contributed by atoms with E-state index in [0.29, 0.717) is 17.7 Å². The molecule has 0 saturated heterocycles. The predicted molar refractivity (Wildman–Crippen MR) is 69.0 cm³/mol. The van der Waals surface area contributed by atoms with Gasteiger partial charge in [0.25, 0.3) is 0 Å². The van der Waals surface area contributed by atoms with E-state index in [9.17, 15) is 4.79 Å². The average molecular weight is 255 g/mol. The third-order valence-corrected chi connectivity index (χ3v) is 2.69. The van der Waals surface area contributed by atoms with Gasteiger partial charge in [0.2, 0.25) is 0 Å². The minimum Gasteiger partial charge on any atom is -0.462 e. The maximum atomic E-state index is 11.5. The first kappa shape index (κ1) is 12.8. The molecule has 0 unspecified atom stereocenters. The molecule has 0 spiro atoms. The fraction of sp³-hybridized carbons (Fsp3) is 0.214. The van der Waals surface area contributed by atoms with Crippen molar-refractivity contribution in [2.75, 3.05) is 6.61 Å². The molecule has 0 aliphatic carbocycles. The van der Waals surface area contributed by atoms with Crippen LogP contribution >= 0.6 is 0 Å². The second-order valence-electron chi connectivity index (χ2n) is 4.01. The molecular weight excluding hydrogens is 242 g/mol. The lowest BCUT2D eigenvalue weighted by atomic mass is 10.1. The number of nitriles is 1. The Hall–Kier alpha value is -2.61. The fourth-order valence-corrected chi connectivity index (χ4v) is 1.70. The number of hydrogen-bond donors (Lipinski definition) is 0. The molecule has 0 saturated carbocycles. The van der Waals surface area contributed by atoms with Crippen LogP contribution in [0.4, 0.5) is 0 Å². The first-order valence-corrected chi connectivity index (χ1v) is 5.88. The van der Waals surface area contributed by atoms with Gasteiger partial charge in [0, 0.05) is 6.20 Å². The smallest absolute Gasteiger partial charge is 0.341 e. The highest BCUT2D eigenvalue weighted by Crippen LogP contribution is 2.14. The Bertz CT molecular complexity index is 653. The minimum atomic E-state index is -0.390. The molecule has 5 nitrogen and oxygen atoms in total. The molecule has 0 aliphatic heterocycles. The van der Waals surface area contributed by atoms with Crippen LogP contribution in [0.2, 0.25) is 0 Å². The number of aromatic nitrogens is 2. The highest BCUT2D eigenvalue weighted by molar-refractivity contribution is 5.88. The fourth-order valence-electron chi connectivity index (χ4n) is 1.70. The van der Waals surface area contributed by atoms with Crippen molar-refractivity contribution < 1.29 is 9.53 Å². The van der Waals surface area contributed by atoms with E-state index < -0.39 is 0 Å². The van der Waals surface area contributed by atoms with Gasteiger partial charge in [-0.15, -0.1) is 0 Å². The summed E-state index contributed by atoms with van der Waals surface area (Å²) in [6, 6.07) is 7.48. The molecule has 0 fully saturated rings. The molecule has 1 heterocycles. The van der Waals surface area contributed by atoms with Gasteiger partial charge in [-0.1, -0.05) is 0 Å². The third-order valence-electron chi connectivity index (χ3n) is 2.69. The SMILES string of the molecule is CCOC(=O)c1cnn(-c2ccc(C#N)c(C)c2)c1. The number of ether oxygens (including phenoxy) is 1. The molecule has 2 rings (SSSR count). The molecule has 1 aromatic carbocycles. The lowest BCUT2D eigenvalue weighted by Crippen LogP contribution is -2.03. The Morgan fingerprint density at radius 2 is 2.32 bits per heavy atom. The Morgan fingerprint density at radius 1 is 1.53 bits per heavy atom. The van der Waals surface area contributed by atoms with Gasteiger partial charge < -0.3 is 4.74 Å².